The molecule has 0 aliphatic carbocycles. The number of ether oxygens (including phenoxy) is 1. The number of carbonyl (C=O) groups excluding carboxylic acids is 3. The topological polar surface area (TPSA) is 95.9 Å². The summed E-state index contributed by atoms with van der Waals surface area (Å²) in [4.78, 5) is 42.2. The van der Waals surface area contributed by atoms with Crippen molar-refractivity contribution in [1.29, 1.82) is 0 Å². The quantitative estimate of drug-likeness (QED) is 0.251. The molecule has 1 spiro atoms. The number of benzene rings is 1. The van der Waals surface area contributed by atoms with E-state index in [0.717, 1.165) is 19.3 Å². The summed E-state index contributed by atoms with van der Waals surface area (Å²) in [5, 5.41) is 12.3. The number of unbranched alkanes of at least 4 members (excludes halogenated alkanes) is 3. The number of likely N-dealkylation sites (tertiary alicyclic amines) is 1. The summed E-state index contributed by atoms with van der Waals surface area (Å²) < 4.78 is 4.66. The number of rotatable bonds is 10. The molecule has 4 rings (SSSR count). The third kappa shape index (κ3) is 4.49. The van der Waals surface area contributed by atoms with Crippen molar-refractivity contribution in [2.75, 3.05) is 25.1 Å². The highest BCUT2D eigenvalue weighted by atomic mass is 79.9. The van der Waals surface area contributed by atoms with Gasteiger partial charge in [0.2, 0.25) is 11.8 Å². The monoisotopic (exact) mass is 572 g/mol. The molecule has 2 amide bonds. The molecule has 0 saturated carbocycles. The van der Waals surface area contributed by atoms with Gasteiger partial charge in [-0.2, -0.15) is 0 Å². The van der Waals surface area contributed by atoms with Crippen LogP contribution in [-0.2, 0) is 19.1 Å². The number of nitrogens with zero attached hydrogens (tertiary/aromatic N) is 1. The van der Waals surface area contributed by atoms with Gasteiger partial charge >= 0.3 is 5.97 Å². The second kappa shape index (κ2) is 10.8. The molecule has 7 nitrogen and oxygen atoms in total. The zero-order valence-corrected chi connectivity index (χ0v) is 22.2. The van der Waals surface area contributed by atoms with E-state index in [0.29, 0.717) is 30.1 Å². The Morgan fingerprint density at radius 3 is 2.74 bits per heavy atom. The third-order valence-corrected chi connectivity index (χ3v) is 10.6. The summed E-state index contributed by atoms with van der Waals surface area (Å²) >= 11 is 11.6. The summed E-state index contributed by atoms with van der Waals surface area (Å²) in [5.41, 5.74) is 0.499. The molecule has 0 radical (unpaired) electrons. The maximum Gasteiger partial charge on any atom is 0.310 e. The van der Waals surface area contributed by atoms with E-state index in [2.05, 4.69) is 21.2 Å². The average molecular weight is 574 g/mol. The van der Waals surface area contributed by atoms with Gasteiger partial charge in [0.25, 0.3) is 0 Å². The smallest absolute Gasteiger partial charge is 0.310 e. The zero-order chi connectivity index (χ0) is 24.5. The minimum Gasteiger partial charge on any atom is -0.466 e. The fraction of sp³-hybridized carbons (Fsp3) is 0.625. The molecule has 186 valence electrons. The number of anilines is 1. The second-order valence-electron chi connectivity index (χ2n) is 9.05. The molecule has 2 N–H and O–H groups in total. The minimum absolute atomic E-state index is 0.0103. The fourth-order valence-electron chi connectivity index (χ4n) is 5.69. The minimum atomic E-state index is -0.714. The van der Waals surface area contributed by atoms with E-state index in [9.17, 15) is 14.4 Å². The van der Waals surface area contributed by atoms with Crippen molar-refractivity contribution in [2.24, 2.45) is 11.8 Å². The van der Waals surface area contributed by atoms with Crippen LogP contribution in [-0.4, -0.2) is 68.4 Å². The molecule has 3 aliphatic heterocycles. The maximum atomic E-state index is 13.8. The van der Waals surface area contributed by atoms with Crippen LogP contribution in [0, 0.1) is 11.8 Å². The number of hydrogen-bond donors (Lipinski definition) is 2. The first-order chi connectivity index (χ1) is 16.4. The molecule has 3 unspecified atom stereocenters. The molecule has 1 aromatic carbocycles. The van der Waals surface area contributed by atoms with Crippen molar-refractivity contribution in [1.82, 2.24) is 4.90 Å². The van der Waals surface area contributed by atoms with Crippen molar-refractivity contribution in [3.05, 3.63) is 29.3 Å². The van der Waals surface area contributed by atoms with Crippen LogP contribution in [0.2, 0.25) is 5.02 Å². The van der Waals surface area contributed by atoms with E-state index in [1.807, 2.05) is 0 Å². The summed E-state index contributed by atoms with van der Waals surface area (Å²) in [6, 6.07) is 6.31. The Balaban J connectivity index is 1.65. The van der Waals surface area contributed by atoms with Crippen LogP contribution >= 0.6 is 39.3 Å². The van der Waals surface area contributed by atoms with Crippen LogP contribution in [0.4, 0.5) is 5.69 Å². The number of esters is 1. The summed E-state index contributed by atoms with van der Waals surface area (Å²) in [6.07, 6.45) is 3.76. The molecule has 34 heavy (non-hydrogen) atoms. The molecule has 2 bridgehead atoms. The Bertz CT molecular complexity index is 952. The van der Waals surface area contributed by atoms with Gasteiger partial charge in [-0.25, -0.2) is 0 Å². The number of hydrogen-bond acceptors (Lipinski definition) is 6. The first kappa shape index (κ1) is 25.8. The fourth-order valence-corrected chi connectivity index (χ4v) is 9.47. The first-order valence-corrected chi connectivity index (χ1v) is 14.0. The third-order valence-electron chi connectivity index (χ3n) is 7.04. The van der Waals surface area contributed by atoms with E-state index in [1.165, 1.54) is 0 Å². The lowest BCUT2D eigenvalue weighted by molar-refractivity contribution is -0.153. The van der Waals surface area contributed by atoms with Gasteiger partial charge in [-0.05, 0) is 38.3 Å². The van der Waals surface area contributed by atoms with Gasteiger partial charge in [0.05, 0.1) is 33.9 Å². The van der Waals surface area contributed by atoms with Crippen molar-refractivity contribution in [3.63, 3.8) is 0 Å². The largest absolute Gasteiger partial charge is 0.466 e. The molecular weight excluding hydrogens is 544 g/mol. The number of amides is 2. The van der Waals surface area contributed by atoms with Gasteiger partial charge in [0.15, 0.2) is 0 Å². The number of halogens is 2. The van der Waals surface area contributed by atoms with E-state index < -0.39 is 22.6 Å². The van der Waals surface area contributed by atoms with Gasteiger partial charge in [-0.1, -0.05) is 52.5 Å². The molecular formula is C24H30BrClN2O5S. The van der Waals surface area contributed by atoms with E-state index in [-0.39, 0.29) is 41.1 Å². The predicted molar refractivity (Wildman–Crippen MR) is 136 cm³/mol. The molecule has 3 fully saturated rings. The zero-order valence-electron chi connectivity index (χ0n) is 19.0. The molecule has 10 heteroatoms. The van der Waals surface area contributed by atoms with Gasteiger partial charge in [0.1, 0.15) is 6.04 Å². The molecule has 3 aliphatic rings. The maximum absolute atomic E-state index is 13.8. The first-order valence-electron chi connectivity index (χ1n) is 11.8. The van der Waals surface area contributed by atoms with Gasteiger partial charge in [-0.15, -0.1) is 11.8 Å². The number of fused-ring (bicyclic) bond motifs is 1. The van der Waals surface area contributed by atoms with Crippen LogP contribution in [0.15, 0.2) is 24.3 Å². The van der Waals surface area contributed by atoms with Gasteiger partial charge < -0.3 is 20.1 Å². The Hall–Kier alpha value is -1.29. The lowest BCUT2D eigenvalue weighted by Gasteiger charge is -2.35. The number of carbonyl (C=O) groups is 3. The van der Waals surface area contributed by atoms with Crippen LogP contribution < -0.4 is 5.32 Å². The van der Waals surface area contributed by atoms with E-state index in [1.54, 1.807) is 47.9 Å². The van der Waals surface area contributed by atoms with Crippen LogP contribution in [0.3, 0.4) is 0 Å². The van der Waals surface area contributed by atoms with Gasteiger partial charge in [0, 0.05) is 23.2 Å². The molecule has 3 heterocycles. The molecule has 6 atom stereocenters. The van der Waals surface area contributed by atoms with Crippen molar-refractivity contribution < 1.29 is 24.2 Å². The normalized spacial score (nSPS) is 31.6. The summed E-state index contributed by atoms with van der Waals surface area (Å²) in [7, 11) is 0. The lowest BCUT2D eigenvalue weighted by Crippen LogP contribution is -2.52. The van der Waals surface area contributed by atoms with Gasteiger partial charge in [-0.3, -0.25) is 14.4 Å². The van der Waals surface area contributed by atoms with E-state index >= 15 is 0 Å². The highest BCUT2D eigenvalue weighted by Gasteiger charge is 2.75. The number of alkyl halides is 1. The number of thioether (sulfide) groups is 1. The standard InChI is InChI=1S/C24H30BrClN2O5S/c1-2-33-23(32)17-18-22(31)28(11-7-3-4-8-12-29)20(24(18)13-14(25)19(17)34-24)21(30)27-16-10-6-5-9-15(16)26/h5-6,9-10,14,17-20,29H,2-4,7-8,11-13H2,1H3,(H,27,30)/t14?,17-,18+,19-,20?,24?/m1/s1. The molecule has 0 aromatic heterocycles. The SMILES string of the molecule is CCOC(=O)[C@H]1[C@@H]2SC3(CC2Br)C(C(=O)Nc2ccccc2Cl)N(CCCCCCO)C(=O)[C@H]13. The van der Waals surface area contributed by atoms with E-state index in [4.69, 9.17) is 21.4 Å². The predicted octanol–water partition coefficient (Wildman–Crippen LogP) is 3.86. The van der Waals surface area contributed by atoms with Crippen molar-refractivity contribution >= 4 is 62.8 Å². The van der Waals surface area contributed by atoms with Crippen LogP contribution in [0.25, 0.3) is 0 Å². The van der Waals surface area contributed by atoms with Crippen LogP contribution in [0.5, 0.6) is 0 Å². The number of nitrogens with one attached hydrogen (secondary N) is 1. The Labute approximate surface area is 217 Å². The Morgan fingerprint density at radius 2 is 2.03 bits per heavy atom. The highest BCUT2D eigenvalue weighted by molar-refractivity contribution is 9.09. The number of para-hydroxylation sites is 1. The lowest BCUT2D eigenvalue weighted by atomic mass is 9.71. The summed E-state index contributed by atoms with van der Waals surface area (Å²) in [5.74, 6) is -1.95. The summed E-state index contributed by atoms with van der Waals surface area (Å²) in [6.45, 7) is 2.58. The molecule has 1 aromatic rings. The van der Waals surface area contributed by atoms with Crippen LogP contribution in [0.1, 0.15) is 39.0 Å². The van der Waals surface area contributed by atoms with Crippen molar-refractivity contribution in [2.45, 2.75) is 59.9 Å². The van der Waals surface area contributed by atoms with Crippen molar-refractivity contribution in [3.8, 4) is 0 Å². The number of aliphatic hydroxyl groups is 1. The second-order valence-corrected chi connectivity index (χ2v) is 12.2. The highest BCUT2D eigenvalue weighted by Crippen LogP contribution is 2.67. The average Bonchev–Trinajstić information content (AvgIpc) is 3.39. The molecule has 3 saturated heterocycles. The Kier molecular flexibility index (Phi) is 8.17. The number of aliphatic hydroxyl groups excluding tert-OH is 1. The Morgan fingerprint density at radius 1 is 1.29 bits per heavy atom.